The molecule has 8 heteroatoms. The van der Waals surface area contributed by atoms with E-state index in [1.54, 1.807) is 30.5 Å². The van der Waals surface area contributed by atoms with Crippen LogP contribution in [0.25, 0.3) is 0 Å². The van der Waals surface area contributed by atoms with Gasteiger partial charge in [0.05, 0.1) is 13.7 Å². The molecule has 1 aromatic heterocycles. The summed E-state index contributed by atoms with van der Waals surface area (Å²) in [6.07, 6.45) is -2.75. The molecule has 134 valence electrons. The minimum atomic E-state index is -4.35. The van der Waals surface area contributed by atoms with Gasteiger partial charge in [-0.2, -0.15) is 13.2 Å². The van der Waals surface area contributed by atoms with E-state index >= 15 is 0 Å². The second-order valence-electron chi connectivity index (χ2n) is 5.20. The average Bonchev–Trinajstić information content (AvgIpc) is 2.59. The van der Waals surface area contributed by atoms with Gasteiger partial charge in [0.2, 0.25) is 5.88 Å². The van der Waals surface area contributed by atoms with Crippen LogP contribution in [0.5, 0.6) is 5.88 Å². The summed E-state index contributed by atoms with van der Waals surface area (Å²) in [7, 11) is 1.52. The number of carbonyl (C=O) groups excluding carboxylic acids is 1. The number of nitrogens with one attached hydrogen (secondary N) is 1. The summed E-state index contributed by atoms with van der Waals surface area (Å²) in [4.78, 5) is 16.1. The molecule has 0 spiro atoms. The third-order valence-electron chi connectivity index (χ3n) is 3.21. The van der Waals surface area contributed by atoms with Crippen molar-refractivity contribution < 1.29 is 27.4 Å². The highest BCUT2D eigenvalue weighted by atomic mass is 19.4. The number of hydrogen-bond acceptors (Lipinski definition) is 4. The maximum atomic E-state index is 12.1. The highest BCUT2D eigenvalue weighted by Gasteiger charge is 2.27. The average molecular weight is 354 g/mol. The molecular weight excluding hydrogens is 337 g/mol. The molecule has 0 bridgehead atoms. The van der Waals surface area contributed by atoms with E-state index in [0.29, 0.717) is 23.6 Å². The van der Waals surface area contributed by atoms with Crippen molar-refractivity contribution in [3.63, 3.8) is 0 Å². The minimum Gasteiger partial charge on any atom is -0.481 e. The quantitative estimate of drug-likeness (QED) is 0.830. The van der Waals surface area contributed by atoms with Crippen LogP contribution in [0.4, 0.5) is 13.2 Å². The minimum absolute atomic E-state index is 0.168. The number of pyridine rings is 1. The molecule has 0 radical (unpaired) electrons. The van der Waals surface area contributed by atoms with Crippen molar-refractivity contribution in [2.24, 2.45) is 0 Å². The fourth-order valence-electron chi connectivity index (χ4n) is 1.96. The van der Waals surface area contributed by atoms with Crippen LogP contribution in [0.15, 0.2) is 42.6 Å². The highest BCUT2D eigenvalue weighted by molar-refractivity contribution is 5.94. The number of nitrogens with zero attached hydrogens (tertiary/aromatic N) is 1. The van der Waals surface area contributed by atoms with E-state index < -0.39 is 12.8 Å². The number of hydrogen-bond donors (Lipinski definition) is 1. The number of methoxy groups -OCH3 is 1. The number of alkyl halides is 3. The molecule has 5 nitrogen and oxygen atoms in total. The van der Waals surface area contributed by atoms with Crippen molar-refractivity contribution >= 4 is 5.91 Å². The van der Waals surface area contributed by atoms with Crippen molar-refractivity contribution in [1.82, 2.24) is 10.3 Å². The Kier molecular flexibility index (Phi) is 6.35. The third-order valence-corrected chi connectivity index (χ3v) is 3.21. The Balaban J connectivity index is 1.83. The molecule has 0 fully saturated rings. The Morgan fingerprint density at radius 2 is 1.80 bits per heavy atom. The number of benzene rings is 1. The largest absolute Gasteiger partial charge is 0.481 e. The number of carbonyl (C=O) groups is 1. The van der Waals surface area contributed by atoms with Crippen molar-refractivity contribution in [2.75, 3.05) is 13.7 Å². The fourth-order valence-corrected chi connectivity index (χ4v) is 1.96. The molecule has 0 aliphatic heterocycles. The van der Waals surface area contributed by atoms with Crippen molar-refractivity contribution in [1.29, 1.82) is 0 Å². The lowest BCUT2D eigenvalue weighted by Crippen LogP contribution is -2.22. The van der Waals surface area contributed by atoms with Gasteiger partial charge in [0.25, 0.3) is 5.91 Å². The molecule has 2 aromatic rings. The van der Waals surface area contributed by atoms with Crippen LogP contribution in [-0.4, -0.2) is 30.8 Å². The van der Waals surface area contributed by atoms with Crippen LogP contribution < -0.4 is 10.1 Å². The van der Waals surface area contributed by atoms with Gasteiger partial charge < -0.3 is 14.8 Å². The molecule has 2 rings (SSSR count). The molecule has 1 aromatic carbocycles. The van der Waals surface area contributed by atoms with Gasteiger partial charge in [-0.25, -0.2) is 4.98 Å². The normalized spacial score (nSPS) is 11.2. The summed E-state index contributed by atoms with van der Waals surface area (Å²) >= 11 is 0. The van der Waals surface area contributed by atoms with E-state index in [4.69, 9.17) is 4.74 Å². The first-order valence-corrected chi connectivity index (χ1v) is 7.38. The first kappa shape index (κ1) is 18.7. The topological polar surface area (TPSA) is 60.5 Å². The monoisotopic (exact) mass is 354 g/mol. The van der Waals surface area contributed by atoms with Crippen molar-refractivity contribution in [3.05, 3.63) is 59.3 Å². The van der Waals surface area contributed by atoms with Crippen LogP contribution >= 0.6 is 0 Å². The van der Waals surface area contributed by atoms with Crippen LogP contribution in [-0.2, 0) is 17.9 Å². The van der Waals surface area contributed by atoms with E-state index in [1.807, 2.05) is 0 Å². The first-order valence-electron chi connectivity index (χ1n) is 7.38. The zero-order valence-electron chi connectivity index (χ0n) is 13.5. The van der Waals surface area contributed by atoms with Gasteiger partial charge in [-0.05, 0) is 23.3 Å². The van der Waals surface area contributed by atoms with E-state index in [2.05, 4.69) is 15.0 Å². The fraction of sp³-hybridized carbons (Fsp3) is 0.294. The van der Waals surface area contributed by atoms with Crippen LogP contribution in [0.1, 0.15) is 21.5 Å². The molecule has 0 unspecified atom stereocenters. The van der Waals surface area contributed by atoms with E-state index in [1.165, 1.54) is 19.2 Å². The molecule has 0 aliphatic rings. The van der Waals surface area contributed by atoms with Gasteiger partial charge in [-0.3, -0.25) is 4.79 Å². The van der Waals surface area contributed by atoms with Crippen molar-refractivity contribution in [3.8, 4) is 5.88 Å². The summed E-state index contributed by atoms with van der Waals surface area (Å²) in [5, 5.41) is 2.74. The molecule has 25 heavy (non-hydrogen) atoms. The third kappa shape index (κ3) is 6.42. The van der Waals surface area contributed by atoms with E-state index in [9.17, 15) is 18.0 Å². The number of aromatic nitrogens is 1. The number of rotatable bonds is 7. The Morgan fingerprint density at radius 3 is 2.36 bits per heavy atom. The maximum Gasteiger partial charge on any atom is 0.411 e. The Bertz CT molecular complexity index is 686. The smallest absolute Gasteiger partial charge is 0.411 e. The summed E-state index contributed by atoms with van der Waals surface area (Å²) in [6.45, 7) is -1.17. The lowest BCUT2D eigenvalue weighted by atomic mass is 10.1. The van der Waals surface area contributed by atoms with Gasteiger partial charge in [0.15, 0.2) is 0 Å². The Labute approximate surface area is 142 Å². The maximum absolute atomic E-state index is 12.1. The summed E-state index contributed by atoms with van der Waals surface area (Å²) < 4.78 is 45.5. The second-order valence-corrected chi connectivity index (χ2v) is 5.20. The Morgan fingerprint density at radius 1 is 1.12 bits per heavy atom. The van der Waals surface area contributed by atoms with Crippen LogP contribution in [0.2, 0.25) is 0 Å². The molecule has 0 aliphatic carbocycles. The summed E-state index contributed by atoms with van der Waals surface area (Å²) in [6, 6.07) is 9.66. The molecule has 0 saturated carbocycles. The van der Waals surface area contributed by atoms with Crippen LogP contribution in [0.3, 0.4) is 0 Å². The highest BCUT2D eigenvalue weighted by Crippen LogP contribution is 2.16. The van der Waals surface area contributed by atoms with Gasteiger partial charge >= 0.3 is 6.18 Å². The van der Waals surface area contributed by atoms with Gasteiger partial charge in [-0.15, -0.1) is 0 Å². The lowest BCUT2D eigenvalue weighted by molar-refractivity contribution is -0.176. The second kappa shape index (κ2) is 8.48. The standard InChI is InChI=1S/C17H17F3N2O3/c1-24-15-7-4-13(8-21-15)9-22-16(23)14-5-2-12(3-6-14)10-25-11-17(18,19)20/h2-8H,9-11H2,1H3,(H,22,23). The van der Waals surface area contributed by atoms with Gasteiger partial charge in [0, 0.05) is 24.4 Å². The summed E-state index contributed by atoms with van der Waals surface area (Å²) in [5.74, 6) is 0.192. The van der Waals surface area contributed by atoms with E-state index in [-0.39, 0.29) is 12.5 Å². The predicted octanol–water partition coefficient (Wildman–Crippen LogP) is 3.10. The zero-order chi connectivity index (χ0) is 18.3. The number of halogens is 3. The van der Waals surface area contributed by atoms with E-state index in [0.717, 1.165) is 5.56 Å². The Hall–Kier alpha value is -2.61. The van der Waals surface area contributed by atoms with Gasteiger partial charge in [-0.1, -0.05) is 18.2 Å². The molecule has 1 amide bonds. The van der Waals surface area contributed by atoms with Crippen LogP contribution in [0, 0.1) is 0 Å². The van der Waals surface area contributed by atoms with Crippen molar-refractivity contribution in [2.45, 2.75) is 19.3 Å². The molecule has 0 atom stereocenters. The molecule has 1 N–H and O–H groups in total. The number of amides is 1. The lowest BCUT2D eigenvalue weighted by Gasteiger charge is -2.09. The number of ether oxygens (including phenoxy) is 2. The molecular formula is C17H17F3N2O3. The SMILES string of the molecule is COc1ccc(CNC(=O)c2ccc(COCC(F)(F)F)cc2)cn1. The molecule has 1 heterocycles. The predicted molar refractivity (Wildman–Crippen MR) is 84.1 cm³/mol. The summed E-state index contributed by atoms with van der Waals surface area (Å²) in [5.41, 5.74) is 1.77. The molecule has 0 saturated heterocycles. The first-order chi connectivity index (χ1) is 11.9. The van der Waals surface area contributed by atoms with Gasteiger partial charge in [0.1, 0.15) is 6.61 Å². The zero-order valence-corrected chi connectivity index (χ0v) is 13.5.